The highest BCUT2D eigenvalue weighted by molar-refractivity contribution is 7.92. The van der Waals surface area contributed by atoms with E-state index in [0.29, 0.717) is 25.9 Å². The second-order valence-electron chi connectivity index (χ2n) is 6.28. The third-order valence-corrected chi connectivity index (χ3v) is 6.74. The minimum atomic E-state index is -5.92. The van der Waals surface area contributed by atoms with Gasteiger partial charge in [-0.05, 0) is 44.1 Å². The lowest BCUT2D eigenvalue weighted by Gasteiger charge is -2.35. The Morgan fingerprint density at radius 1 is 1.15 bits per heavy atom. The minimum Gasteiger partial charge on any atom is -0.492 e. The summed E-state index contributed by atoms with van der Waals surface area (Å²) in [7, 11) is -10.4. The summed E-state index contributed by atoms with van der Waals surface area (Å²) in [6.07, 6.45) is 0.695. The number of ether oxygens (including phenoxy) is 1. The third-order valence-electron chi connectivity index (χ3n) is 4.32. The first-order chi connectivity index (χ1) is 12.3. The fourth-order valence-electron chi connectivity index (χ4n) is 2.62. The molecule has 7 nitrogen and oxygen atoms in total. The van der Waals surface area contributed by atoms with Gasteiger partial charge in [-0.25, -0.2) is 22.0 Å². The molecule has 1 aliphatic heterocycles. The number of rotatable bonds is 6. The molecule has 1 aromatic carbocycles. The number of primary sulfonamides is 1. The highest BCUT2D eigenvalue weighted by Crippen LogP contribution is 2.38. The van der Waals surface area contributed by atoms with E-state index in [1.807, 2.05) is 0 Å². The summed E-state index contributed by atoms with van der Waals surface area (Å²) in [6.45, 7) is -0.206. The molecule has 2 rings (SSSR count). The molecule has 1 aliphatic rings. The summed E-state index contributed by atoms with van der Waals surface area (Å²) in [5, 5.41) is 7.86. The molecule has 0 bridgehead atoms. The number of halogens is 4. The van der Waals surface area contributed by atoms with Crippen molar-refractivity contribution in [2.45, 2.75) is 28.1 Å². The van der Waals surface area contributed by atoms with E-state index >= 15 is 0 Å². The number of benzene rings is 1. The molecule has 0 amide bonds. The molecular formula is C14H18F4N2O5S2. The SMILES string of the molecule is NS(=O)(=O)c1ccc(OCC2(CF)CCNCC2)c(S(=O)(=O)C(F)(F)F)c1. The number of hydrogen-bond donors (Lipinski definition) is 2. The van der Waals surface area contributed by atoms with Crippen LogP contribution in [0.2, 0.25) is 0 Å². The van der Waals surface area contributed by atoms with Crippen LogP contribution >= 0.6 is 0 Å². The molecule has 0 saturated carbocycles. The molecule has 1 saturated heterocycles. The maximum Gasteiger partial charge on any atom is 0.502 e. The van der Waals surface area contributed by atoms with E-state index in [2.05, 4.69) is 5.32 Å². The lowest BCUT2D eigenvalue weighted by atomic mass is 9.81. The molecule has 0 unspecified atom stereocenters. The van der Waals surface area contributed by atoms with Crippen molar-refractivity contribution in [2.75, 3.05) is 26.4 Å². The molecule has 13 heteroatoms. The molecule has 0 aromatic heterocycles. The van der Waals surface area contributed by atoms with Gasteiger partial charge in [0.1, 0.15) is 10.6 Å². The standard InChI is InChI=1S/C14H18F4N2O5S2/c15-8-13(3-5-20-6-4-13)9-25-11-2-1-10(27(19,23)24)7-12(11)26(21,22)14(16,17)18/h1-2,7,20H,3-6,8-9H2,(H2,19,23,24). The lowest BCUT2D eigenvalue weighted by molar-refractivity contribution is -0.0438. The summed E-state index contributed by atoms with van der Waals surface area (Å²) >= 11 is 0. The van der Waals surface area contributed by atoms with Crippen molar-refractivity contribution in [1.82, 2.24) is 5.32 Å². The molecule has 1 aromatic rings. The molecule has 1 heterocycles. The van der Waals surface area contributed by atoms with E-state index in [1.54, 1.807) is 0 Å². The van der Waals surface area contributed by atoms with Crippen molar-refractivity contribution in [2.24, 2.45) is 10.6 Å². The van der Waals surface area contributed by atoms with Gasteiger partial charge in [-0.3, -0.25) is 4.39 Å². The van der Waals surface area contributed by atoms with Gasteiger partial charge in [0, 0.05) is 5.41 Å². The van der Waals surface area contributed by atoms with Crippen molar-refractivity contribution < 1.29 is 39.1 Å². The van der Waals surface area contributed by atoms with Gasteiger partial charge in [0.2, 0.25) is 10.0 Å². The first kappa shape index (κ1) is 21.9. The van der Waals surface area contributed by atoms with Crippen LogP contribution in [0.25, 0.3) is 0 Å². The van der Waals surface area contributed by atoms with Crippen molar-refractivity contribution >= 4 is 19.9 Å². The Kier molecular flexibility index (Phi) is 6.09. The van der Waals surface area contributed by atoms with Crippen LogP contribution in [0, 0.1) is 5.41 Å². The third kappa shape index (κ3) is 4.70. The minimum absolute atomic E-state index is 0.290. The number of sulfonamides is 1. The zero-order valence-electron chi connectivity index (χ0n) is 13.9. The normalized spacial score (nSPS) is 18.3. The highest BCUT2D eigenvalue weighted by Gasteiger charge is 2.49. The Labute approximate surface area is 153 Å². The van der Waals surface area contributed by atoms with Gasteiger partial charge in [0.05, 0.1) is 18.2 Å². The number of nitrogens with two attached hydrogens (primary N) is 1. The maximum atomic E-state index is 13.5. The van der Waals surface area contributed by atoms with Gasteiger partial charge in [0.25, 0.3) is 9.84 Å². The van der Waals surface area contributed by atoms with Gasteiger partial charge in [0.15, 0.2) is 0 Å². The van der Waals surface area contributed by atoms with Gasteiger partial charge in [-0.1, -0.05) is 0 Å². The fraction of sp³-hybridized carbons (Fsp3) is 0.571. The van der Waals surface area contributed by atoms with E-state index in [1.165, 1.54) is 0 Å². The van der Waals surface area contributed by atoms with E-state index in [4.69, 9.17) is 9.88 Å². The Morgan fingerprint density at radius 3 is 2.22 bits per heavy atom. The van der Waals surface area contributed by atoms with Crippen molar-refractivity contribution in [3.05, 3.63) is 18.2 Å². The first-order valence-electron chi connectivity index (χ1n) is 7.70. The number of hydrogen-bond acceptors (Lipinski definition) is 6. The Balaban J connectivity index is 2.47. The van der Waals surface area contributed by atoms with E-state index in [9.17, 15) is 34.4 Å². The number of nitrogens with one attached hydrogen (secondary N) is 1. The second kappa shape index (κ2) is 7.53. The smallest absolute Gasteiger partial charge is 0.492 e. The second-order valence-corrected chi connectivity index (χ2v) is 9.75. The maximum absolute atomic E-state index is 13.5. The Hall–Kier alpha value is -1.44. The van der Waals surface area contributed by atoms with Crippen LogP contribution < -0.4 is 15.2 Å². The van der Waals surface area contributed by atoms with Gasteiger partial charge >= 0.3 is 5.51 Å². The van der Waals surface area contributed by atoms with Crippen LogP contribution in [0.4, 0.5) is 17.6 Å². The van der Waals surface area contributed by atoms with Crippen LogP contribution in [-0.2, 0) is 19.9 Å². The van der Waals surface area contributed by atoms with Crippen LogP contribution in [-0.4, -0.2) is 48.7 Å². The van der Waals surface area contributed by atoms with Gasteiger partial charge < -0.3 is 10.1 Å². The topological polar surface area (TPSA) is 116 Å². The Morgan fingerprint density at radius 2 is 1.74 bits per heavy atom. The van der Waals surface area contributed by atoms with E-state index < -0.39 is 53.0 Å². The van der Waals surface area contributed by atoms with Crippen LogP contribution in [0.3, 0.4) is 0 Å². The van der Waals surface area contributed by atoms with Gasteiger partial charge in [-0.15, -0.1) is 0 Å². The molecule has 0 aliphatic carbocycles. The summed E-state index contributed by atoms with van der Waals surface area (Å²) in [5.74, 6) is -0.717. The van der Waals surface area contributed by atoms with Crippen molar-refractivity contribution in [3.63, 3.8) is 0 Å². The molecule has 27 heavy (non-hydrogen) atoms. The Bertz CT molecular complexity index is 895. The van der Waals surface area contributed by atoms with Crippen LogP contribution in [0.15, 0.2) is 28.0 Å². The van der Waals surface area contributed by atoms with E-state index in [0.717, 1.165) is 12.1 Å². The zero-order chi connectivity index (χ0) is 20.5. The molecule has 0 spiro atoms. The highest BCUT2D eigenvalue weighted by atomic mass is 32.2. The first-order valence-corrected chi connectivity index (χ1v) is 10.7. The molecule has 0 atom stereocenters. The average Bonchev–Trinajstić information content (AvgIpc) is 2.59. The van der Waals surface area contributed by atoms with Crippen molar-refractivity contribution in [3.8, 4) is 5.75 Å². The summed E-state index contributed by atoms with van der Waals surface area (Å²) < 4.78 is 104. The largest absolute Gasteiger partial charge is 0.502 e. The molecular weight excluding hydrogens is 416 g/mol. The number of alkyl halides is 4. The predicted octanol–water partition coefficient (Wildman–Crippen LogP) is 1.35. The molecule has 1 fully saturated rings. The lowest BCUT2D eigenvalue weighted by Crippen LogP contribution is -2.42. The molecule has 154 valence electrons. The molecule has 3 N–H and O–H groups in total. The van der Waals surface area contributed by atoms with Crippen LogP contribution in [0.5, 0.6) is 5.75 Å². The summed E-state index contributed by atoms with van der Waals surface area (Å²) in [4.78, 5) is -2.20. The average molecular weight is 434 g/mol. The summed E-state index contributed by atoms with van der Waals surface area (Å²) in [6, 6.07) is 1.88. The van der Waals surface area contributed by atoms with E-state index in [-0.39, 0.29) is 12.7 Å². The number of piperidine rings is 1. The summed E-state index contributed by atoms with van der Waals surface area (Å²) in [5.41, 5.74) is -6.66. The monoisotopic (exact) mass is 434 g/mol. The number of sulfone groups is 1. The molecule has 0 radical (unpaired) electrons. The van der Waals surface area contributed by atoms with Crippen molar-refractivity contribution in [1.29, 1.82) is 0 Å². The van der Waals surface area contributed by atoms with Crippen LogP contribution in [0.1, 0.15) is 12.8 Å². The predicted molar refractivity (Wildman–Crippen MR) is 87.1 cm³/mol. The fourth-order valence-corrected chi connectivity index (χ4v) is 4.16. The quantitative estimate of drug-likeness (QED) is 0.653. The zero-order valence-corrected chi connectivity index (χ0v) is 15.6. The van der Waals surface area contributed by atoms with Gasteiger partial charge in [-0.2, -0.15) is 13.2 Å².